The number of rotatable bonds is 10. The van der Waals surface area contributed by atoms with Gasteiger partial charge in [0.15, 0.2) is 0 Å². The maximum Gasteiger partial charge on any atom is 0.246 e. The predicted octanol–water partition coefficient (Wildman–Crippen LogP) is 2.66. The fourth-order valence-corrected chi connectivity index (χ4v) is 6.44. The lowest BCUT2D eigenvalue weighted by Crippen LogP contribution is -2.56. The number of amides is 3. The van der Waals surface area contributed by atoms with E-state index in [1.54, 1.807) is 36.3 Å². The summed E-state index contributed by atoms with van der Waals surface area (Å²) in [6, 6.07) is 6.43. The molecule has 4 aliphatic rings. The molecule has 5 rings (SSSR count). The van der Waals surface area contributed by atoms with Gasteiger partial charge >= 0.3 is 0 Å². The van der Waals surface area contributed by atoms with Crippen molar-refractivity contribution in [1.29, 1.82) is 0 Å². The van der Waals surface area contributed by atoms with E-state index >= 15 is 0 Å². The van der Waals surface area contributed by atoms with Crippen LogP contribution >= 0.6 is 0 Å². The van der Waals surface area contributed by atoms with Gasteiger partial charge in [-0.2, -0.15) is 0 Å². The molecule has 37 heavy (non-hydrogen) atoms. The van der Waals surface area contributed by atoms with Gasteiger partial charge in [-0.3, -0.25) is 14.4 Å². The minimum atomic E-state index is -1.14. The molecule has 1 aromatic rings. The van der Waals surface area contributed by atoms with Gasteiger partial charge in [-0.05, 0) is 50.5 Å². The number of carbonyl (C=O) groups excluding carboxylic acids is 3. The Morgan fingerprint density at radius 1 is 1.14 bits per heavy atom. The number of likely N-dealkylation sites (tertiary alicyclic amines) is 1. The quantitative estimate of drug-likeness (QED) is 0.370. The monoisotopic (exact) mass is 511 g/mol. The highest BCUT2D eigenvalue weighted by Gasteiger charge is 2.72. The van der Waals surface area contributed by atoms with E-state index in [0.29, 0.717) is 31.9 Å². The van der Waals surface area contributed by atoms with Gasteiger partial charge in [0.25, 0.3) is 0 Å². The second kappa shape index (κ2) is 10.8. The average Bonchev–Trinajstić information content (AvgIpc) is 3.54. The van der Waals surface area contributed by atoms with Crippen LogP contribution in [0.15, 0.2) is 36.4 Å². The fourth-order valence-electron chi connectivity index (χ4n) is 6.44. The molecule has 1 aromatic carbocycles. The van der Waals surface area contributed by atoms with Gasteiger partial charge in [0.1, 0.15) is 17.4 Å². The second-order valence-corrected chi connectivity index (χ2v) is 10.4. The van der Waals surface area contributed by atoms with E-state index in [4.69, 9.17) is 14.2 Å². The molecule has 1 aliphatic carbocycles. The zero-order valence-electron chi connectivity index (χ0n) is 21.6. The summed E-state index contributed by atoms with van der Waals surface area (Å²) in [5.74, 6) is -1.45. The highest BCUT2D eigenvalue weighted by Crippen LogP contribution is 2.55. The molecule has 9 heteroatoms. The SMILES string of the molecule is CCOc1ccc(NC(=O)[C@@H]2[C@H]3C=C[C@@]4(O3)[C@H]2C(=O)N(CCCOC)[C@@H]4C(=O)NC2CCCCC2)cc1. The fraction of sp³-hybridized carbons (Fsp3) is 0.607. The van der Waals surface area contributed by atoms with Gasteiger partial charge in [-0.1, -0.05) is 31.4 Å². The molecule has 1 saturated carbocycles. The van der Waals surface area contributed by atoms with E-state index in [0.717, 1.165) is 31.4 Å². The third kappa shape index (κ3) is 4.75. The highest BCUT2D eigenvalue weighted by molar-refractivity contribution is 6.02. The third-order valence-electron chi connectivity index (χ3n) is 8.06. The lowest BCUT2D eigenvalue weighted by atomic mass is 9.74. The largest absolute Gasteiger partial charge is 0.494 e. The summed E-state index contributed by atoms with van der Waals surface area (Å²) < 4.78 is 17.1. The molecule has 5 atom stereocenters. The first kappa shape index (κ1) is 25.7. The maximum absolute atomic E-state index is 13.9. The van der Waals surface area contributed by atoms with Crippen LogP contribution in [0.1, 0.15) is 45.4 Å². The molecule has 1 spiro atoms. The molecule has 0 radical (unpaired) electrons. The number of anilines is 1. The summed E-state index contributed by atoms with van der Waals surface area (Å²) in [6.07, 6.45) is 8.98. The van der Waals surface area contributed by atoms with Gasteiger partial charge < -0.3 is 29.7 Å². The Kier molecular flexibility index (Phi) is 7.53. The Labute approximate surface area is 217 Å². The van der Waals surface area contributed by atoms with Crippen LogP contribution in [-0.2, 0) is 23.9 Å². The van der Waals surface area contributed by atoms with E-state index in [2.05, 4.69) is 10.6 Å². The van der Waals surface area contributed by atoms with Crippen LogP contribution in [0.5, 0.6) is 5.75 Å². The van der Waals surface area contributed by atoms with E-state index < -0.39 is 29.6 Å². The number of hydrogen-bond acceptors (Lipinski definition) is 6. The minimum Gasteiger partial charge on any atom is -0.494 e. The van der Waals surface area contributed by atoms with E-state index in [1.165, 1.54) is 6.42 Å². The third-order valence-corrected chi connectivity index (χ3v) is 8.06. The van der Waals surface area contributed by atoms with E-state index in [1.807, 2.05) is 19.1 Å². The summed E-state index contributed by atoms with van der Waals surface area (Å²) in [6.45, 7) is 3.30. The topological polar surface area (TPSA) is 106 Å². The van der Waals surface area contributed by atoms with Gasteiger partial charge in [-0.25, -0.2) is 0 Å². The number of fused-ring (bicyclic) bond motifs is 1. The van der Waals surface area contributed by atoms with Crippen molar-refractivity contribution in [2.75, 3.05) is 32.2 Å². The Bertz CT molecular complexity index is 1040. The molecule has 0 unspecified atom stereocenters. The van der Waals surface area contributed by atoms with Crippen molar-refractivity contribution in [2.45, 2.75) is 69.2 Å². The smallest absolute Gasteiger partial charge is 0.246 e. The molecule has 2 N–H and O–H groups in total. The minimum absolute atomic E-state index is 0.106. The first-order chi connectivity index (χ1) is 18.0. The number of ether oxygens (including phenoxy) is 3. The molecule has 0 aromatic heterocycles. The van der Waals surface area contributed by atoms with Crippen LogP contribution in [0, 0.1) is 11.8 Å². The van der Waals surface area contributed by atoms with Crippen LogP contribution in [0.4, 0.5) is 5.69 Å². The molecule has 3 fully saturated rings. The van der Waals surface area contributed by atoms with Crippen molar-refractivity contribution in [3.8, 4) is 5.75 Å². The average molecular weight is 512 g/mol. The second-order valence-electron chi connectivity index (χ2n) is 10.4. The Morgan fingerprint density at radius 2 is 1.89 bits per heavy atom. The molecule has 2 saturated heterocycles. The standard InChI is InChI=1S/C28H37N3O6/c1-3-36-20-12-10-19(11-13-20)29-25(32)22-21-14-15-28(37-21)23(22)27(34)31(16-7-17-35-2)24(28)26(33)30-18-8-5-4-6-9-18/h10-15,18,21-24H,3-9,16-17H2,1-2H3,(H,29,32)(H,30,33)/t21-,22-,23-,24-,28-/m1/s1. The Balaban J connectivity index is 1.38. The van der Waals surface area contributed by atoms with Crippen LogP contribution in [0.25, 0.3) is 0 Å². The summed E-state index contributed by atoms with van der Waals surface area (Å²) in [7, 11) is 1.61. The predicted molar refractivity (Wildman–Crippen MR) is 137 cm³/mol. The molecule has 3 amide bonds. The summed E-state index contributed by atoms with van der Waals surface area (Å²) in [5, 5.41) is 6.15. The van der Waals surface area contributed by atoms with Crippen molar-refractivity contribution in [2.24, 2.45) is 11.8 Å². The van der Waals surface area contributed by atoms with Gasteiger partial charge in [-0.15, -0.1) is 0 Å². The zero-order chi connectivity index (χ0) is 26.0. The van der Waals surface area contributed by atoms with E-state index in [-0.39, 0.29) is 23.8 Å². The molecule has 200 valence electrons. The summed E-state index contributed by atoms with van der Waals surface area (Å²) >= 11 is 0. The normalized spacial score (nSPS) is 30.4. The molecule has 3 heterocycles. The number of methoxy groups -OCH3 is 1. The first-order valence-electron chi connectivity index (χ1n) is 13.5. The Morgan fingerprint density at radius 3 is 2.59 bits per heavy atom. The van der Waals surface area contributed by atoms with Crippen molar-refractivity contribution in [3.63, 3.8) is 0 Å². The number of benzene rings is 1. The maximum atomic E-state index is 13.9. The van der Waals surface area contributed by atoms with Crippen molar-refractivity contribution >= 4 is 23.4 Å². The lowest BCUT2D eigenvalue weighted by Gasteiger charge is -2.34. The molecule has 2 bridgehead atoms. The number of carbonyl (C=O) groups is 3. The molecule has 3 aliphatic heterocycles. The van der Waals surface area contributed by atoms with Crippen LogP contribution < -0.4 is 15.4 Å². The van der Waals surface area contributed by atoms with Crippen molar-refractivity contribution in [1.82, 2.24) is 10.2 Å². The highest BCUT2D eigenvalue weighted by atomic mass is 16.5. The lowest BCUT2D eigenvalue weighted by molar-refractivity contribution is -0.141. The Hall–Kier alpha value is -2.91. The van der Waals surface area contributed by atoms with Crippen LogP contribution in [-0.4, -0.2) is 73.3 Å². The zero-order valence-corrected chi connectivity index (χ0v) is 21.6. The number of nitrogens with zero attached hydrogens (tertiary/aromatic N) is 1. The van der Waals surface area contributed by atoms with Crippen LogP contribution in [0.3, 0.4) is 0 Å². The molecule has 9 nitrogen and oxygen atoms in total. The van der Waals surface area contributed by atoms with Gasteiger partial charge in [0, 0.05) is 32.0 Å². The molecular weight excluding hydrogens is 474 g/mol. The van der Waals surface area contributed by atoms with Crippen molar-refractivity contribution < 1.29 is 28.6 Å². The van der Waals surface area contributed by atoms with Gasteiger partial charge in [0.05, 0.1) is 24.5 Å². The number of nitrogens with one attached hydrogen (secondary N) is 2. The first-order valence-corrected chi connectivity index (χ1v) is 13.5. The molecular formula is C28H37N3O6. The summed E-state index contributed by atoms with van der Waals surface area (Å²) in [5.41, 5.74) is -0.530. The van der Waals surface area contributed by atoms with Crippen molar-refractivity contribution in [3.05, 3.63) is 36.4 Å². The van der Waals surface area contributed by atoms with E-state index in [9.17, 15) is 14.4 Å². The number of hydrogen-bond donors (Lipinski definition) is 2. The van der Waals surface area contributed by atoms with Crippen LogP contribution in [0.2, 0.25) is 0 Å². The summed E-state index contributed by atoms with van der Waals surface area (Å²) in [4.78, 5) is 42.7. The van der Waals surface area contributed by atoms with Gasteiger partial charge in [0.2, 0.25) is 17.7 Å².